The quantitative estimate of drug-likeness (QED) is 0.322. The molecule has 1 fully saturated rings. The number of furan rings is 1. The standard InChI is InChI=1S/C20H17F3N2O4S2/c21-20(22,23)12-5-7-14(24-11-12)15-8-6-13(29-15)10-16-18(28)25(19(30)31-16)9-3-1-2-4-17(26)27/h5-8,10-11H,1-4,9H2,(H,26,27)/b16-10-. The van der Waals surface area contributed by atoms with Gasteiger partial charge >= 0.3 is 12.1 Å². The number of carbonyl (C=O) groups is 2. The number of carbonyl (C=O) groups excluding carboxylic acids is 1. The first-order chi connectivity index (χ1) is 14.6. The molecule has 0 unspecified atom stereocenters. The van der Waals surface area contributed by atoms with E-state index in [4.69, 9.17) is 21.7 Å². The second-order valence-electron chi connectivity index (χ2n) is 6.67. The Bertz CT molecular complexity index is 1020. The Hall–Kier alpha value is -2.66. The lowest BCUT2D eigenvalue weighted by Crippen LogP contribution is -2.29. The van der Waals surface area contributed by atoms with Crippen LogP contribution in [0.15, 0.2) is 39.8 Å². The molecule has 3 heterocycles. The maximum absolute atomic E-state index is 12.7. The number of rotatable bonds is 8. The zero-order valence-electron chi connectivity index (χ0n) is 16.0. The lowest BCUT2D eigenvalue weighted by atomic mass is 10.2. The normalized spacial score (nSPS) is 15.8. The van der Waals surface area contributed by atoms with E-state index in [-0.39, 0.29) is 23.8 Å². The fraction of sp³-hybridized carbons (Fsp3) is 0.300. The molecule has 31 heavy (non-hydrogen) atoms. The van der Waals surface area contributed by atoms with Crippen molar-refractivity contribution in [2.75, 3.05) is 6.54 Å². The minimum Gasteiger partial charge on any atom is -0.481 e. The Morgan fingerprint density at radius 2 is 2.00 bits per heavy atom. The van der Waals surface area contributed by atoms with E-state index >= 15 is 0 Å². The van der Waals surface area contributed by atoms with E-state index < -0.39 is 17.7 Å². The topological polar surface area (TPSA) is 83.6 Å². The van der Waals surface area contributed by atoms with E-state index in [9.17, 15) is 22.8 Å². The van der Waals surface area contributed by atoms with E-state index in [1.54, 1.807) is 12.1 Å². The second kappa shape index (κ2) is 9.65. The van der Waals surface area contributed by atoms with Crippen molar-refractivity contribution >= 4 is 46.3 Å². The van der Waals surface area contributed by atoms with E-state index in [2.05, 4.69) is 4.98 Å². The number of thioether (sulfide) groups is 1. The van der Waals surface area contributed by atoms with E-state index in [0.29, 0.717) is 40.8 Å². The summed E-state index contributed by atoms with van der Waals surface area (Å²) in [5.41, 5.74) is -0.615. The number of unbranched alkanes of at least 4 members (excludes halogenated alkanes) is 2. The summed E-state index contributed by atoms with van der Waals surface area (Å²) in [5.74, 6) is -0.496. The Balaban J connectivity index is 1.63. The molecule has 1 saturated heterocycles. The van der Waals surface area contributed by atoms with Crippen LogP contribution in [0.3, 0.4) is 0 Å². The Kier molecular flexibility index (Phi) is 7.16. The van der Waals surface area contributed by atoms with Crippen LogP contribution in [-0.2, 0) is 15.8 Å². The first-order valence-corrected chi connectivity index (χ1v) is 10.5. The molecule has 0 bridgehead atoms. The first kappa shape index (κ1) is 23.0. The van der Waals surface area contributed by atoms with Crippen molar-refractivity contribution in [2.45, 2.75) is 31.9 Å². The maximum Gasteiger partial charge on any atom is 0.417 e. The monoisotopic (exact) mass is 470 g/mol. The van der Waals surface area contributed by atoms with Gasteiger partial charge in [-0.3, -0.25) is 19.5 Å². The van der Waals surface area contributed by atoms with Crippen LogP contribution < -0.4 is 0 Å². The summed E-state index contributed by atoms with van der Waals surface area (Å²) >= 11 is 6.38. The highest BCUT2D eigenvalue weighted by Crippen LogP contribution is 2.34. The van der Waals surface area contributed by atoms with Gasteiger partial charge in [0.1, 0.15) is 15.8 Å². The summed E-state index contributed by atoms with van der Waals surface area (Å²) in [6.45, 7) is 0.403. The van der Waals surface area contributed by atoms with Crippen molar-refractivity contribution in [1.82, 2.24) is 9.88 Å². The van der Waals surface area contributed by atoms with Gasteiger partial charge in [-0.2, -0.15) is 13.2 Å². The maximum atomic E-state index is 12.7. The molecule has 3 rings (SSSR count). The number of carboxylic acid groups (broad SMARTS) is 1. The van der Waals surface area contributed by atoms with Gasteiger partial charge in [0.05, 0.1) is 10.5 Å². The number of nitrogens with zero attached hydrogens (tertiary/aromatic N) is 2. The van der Waals surface area contributed by atoms with E-state index in [1.807, 2.05) is 0 Å². The van der Waals surface area contributed by atoms with Gasteiger partial charge in [-0.15, -0.1) is 0 Å². The molecule has 0 aliphatic carbocycles. The third-order valence-corrected chi connectivity index (χ3v) is 5.77. The SMILES string of the molecule is O=C(O)CCCCCN1C(=O)/C(=C/c2ccc(-c3ccc(C(F)(F)F)cn3)o2)SC1=S. The van der Waals surface area contributed by atoms with Gasteiger partial charge in [-0.1, -0.05) is 30.4 Å². The van der Waals surface area contributed by atoms with Crippen molar-refractivity contribution in [3.8, 4) is 11.5 Å². The van der Waals surface area contributed by atoms with Gasteiger partial charge in [-0.25, -0.2) is 0 Å². The zero-order chi connectivity index (χ0) is 22.6. The summed E-state index contributed by atoms with van der Waals surface area (Å²) in [6, 6.07) is 5.29. The number of aromatic nitrogens is 1. The molecular formula is C20H17F3N2O4S2. The van der Waals surface area contributed by atoms with Gasteiger partial charge < -0.3 is 9.52 Å². The highest BCUT2D eigenvalue weighted by molar-refractivity contribution is 8.26. The molecule has 1 amide bonds. The number of carboxylic acids is 1. The van der Waals surface area contributed by atoms with Crippen molar-refractivity contribution in [3.05, 3.63) is 46.7 Å². The molecule has 1 N–H and O–H groups in total. The van der Waals surface area contributed by atoms with Crippen molar-refractivity contribution in [1.29, 1.82) is 0 Å². The summed E-state index contributed by atoms with van der Waals surface area (Å²) in [7, 11) is 0. The van der Waals surface area contributed by atoms with Crippen LogP contribution in [-0.4, -0.2) is 37.7 Å². The molecule has 0 atom stereocenters. The van der Waals surface area contributed by atoms with Crippen molar-refractivity contribution in [2.24, 2.45) is 0 Å². The number of hydrogen-bond acceptors (Lipinski definition) is 6. The smallest absolute Gasteiger partial charge is 0.417 e. The molecule has 0 aromatic carbocycles. The highest BCUT2D eigenvalue weighted by atomic mass is 32.2. The number of hydrogen-bond donors (Lipinski definition) is 1. The number of amides is 1. The number of aliphatic carboxylic acids is 1. The van der Waals surface area contributed by atoms with Crippen LogP contribution in [0, 0.1) is 0 Å². The minimum atomic E-state index is -4.47. The number of pyridine rings is 1. The zero-order valence-corrected chi connectivity index (χ0v) is 17.6. The third kappa shape index (κ3) is 5.95. The van der Waals surface area contributed by atoms with Crippen LogP contribution in [0.25, 0.3) is 17.5 Å². The number of thiocarbonyl (C=S) groups is 1. The predicted octanol–water partition coefficient (Wildman–Crippen LogP) is 5.21. The number of halogens is 3. The summed E-state index contributed by atoms with van der Waals surface area (Å²) < 4.78 is 44.0. The molecular weight excluding hydrogens is 453 g/mol. The summed E-state index contributed by atoms with van der Waals surface area (Å²) in [6.07, 6.45) is -0.275. The molecule has 2 aromatic rings. The van der Waals surface area contributed by atoms with Gasteiger partial charge in [0, 0.05) is 25.2 Å². The highest BCUT2D eigenvalue weighted by Gasteiger charge is 2.32. The van der Waals surface area contributed by atoms with Crippen molar-refractivity contribution < 1.29 is 32.3 Å². The van der Waals surface area contributed by atoms with Crippen LogP contribution in [0.4, 0.5) is 13.2 Å². The third-order valence-electron chi connectivity index (χ3n) is 4.39. The molecule has 0 radical (unpaired) electrons. The van der Waals surface area contributed by atoms with Crippen molar-refractivity contribution in [3.63, 3.8) is 0 Å². The summed E-state index contributed by atoms with van der Waals surface area (Å²) in [5, 5.41) is 8.65. The molecule has 2 aromatic heterocycles. The van der Waals surface area contributed by atoms with Gasteiger partial charge in [0.25, 0.3) is 5.91 Å². The fourth-order valence-corrected chi connectivity index (χ4v) is 4.11. The van der Waals surface area contributed by atoms with Gasteiger partial charge in [0.2, 0.25) is 0 Å². The Labute approximate surface area is 185 Å². The van der Waals surface area contributed by atoms with Crippen LogP contribution in [0.2, 0.25) is 0 Å². The fourth-order valence-electron chi connectivity index (χ4n) is 2.82. The van der Waals surface area contributed by atoms with Gasteiger partial charge in [0.15, 0.2) is 5.76 Å². The predicted molar refractivity (Wildman–Crippen MR) is 113 cm³/mol. The van der Waals surface area contributed by atoms with Crippen LogP contribution >= 0.6 is 24.0 Å². The molecule has 1 aliphatic heterocycles. The lowest BCUT2D eigenvalue weighted by molar-refractivity contribution is -0.138. The molecule has 0 saturated carbocycles. The second-order valence-corrected chi connectivity index (χ2v) is 8.35. The van der Waals surface area contributed by atoms with Crippen LogP contribution in [0.5, 0.6) is 0 Å². The van der Waals surface area contributed by atoms with E-state index in [1.165, 1.54) is 17.0 Å². The molecule has 0 spiro atoms. The lowest BCUT2D eigenvalue weighted by Gasteiger charge is -2.13. The minimum absolute atomic E-state index is 0.0902. The number of alkyl halides is 3. The molecule has 1 aliphatic rings. The Morgan fingerprint density at radius 1 is 1.23 bits per heavy atom. The first-order valence-electron chi connectivity index (χ1n) is 9.26. The molecule has 6 nitrogen and oxygen atoms in total. The Morgan fingerprint density at radius 3 is 2.65 bits per heavy atom. The average molecular weight is 470 g/mol. The molecule has 11 heteroatoms. The molecule has 164 valence electrons. The van der Waals surface area contributed by atoms with E-state index in [0.717, 1.165) is 24.0 Å². The average Bonchev–Trinajstić information content (AvgIpc) is 3.27. The van der Waals surface area contributed by atoms with Crippen LogP contribution in [0.1, 0.15) is 37.0 Å². The van der Waals surface area contributed by atoms with Gasteiger partial charge in [-0.05, 0) is 37.1 Å². The largest absolute Gasteiger partial charge is 0.481 e. The summed E-state index contributed by atoms with van der Waals surface area (Å²) in [4.78, 5) is 28.8.